The first-order valence-electron chi connectivity index (χ1n) is 11.4. The lowest BCUT2D eigenvalue weighted by Gasteiger charge is -2.20. The minimum absolute atomic E-state index is 0.0833. The second-order valence-electron chi connectivity index (χ2n) is 8.21. The summed E-state index contributed by atoms with van der Waals surface area (Å²) in [7, 11) is -2.14. The number of rotatable bonds is 9. The molecule has 35 heavy (non-hydrogen) atoms. The lowest BCUT2D eigenvalue weighted by molar-refractivity contribution is 0.0979. The van der Waals surface area contributed by atoms with E-state index in [2.05, 4.69) is 4.99 Å². The molecule has 1 saturated heterocycles. The topological polar surface area (TPSA) is 90.2 Å². The van der Waals surface area contributed by atoms with E-state index in [9.17, 15) is 13.2 Å². The van der Waals surface area contributed by atoms with E-state index in [1.54, 1.807) is 13.1 Å². The highest BCUT2D eigenvalue weighted by atomic mass is 35.5. The highest BCUT2D eigenvalue weighted by Gasteiger charge is 2.26. The fraction of sp³-hybridized carbons (Fsp3) is 0.417. The molecular formula is C24H28ClN3O5S2. The van der Waals surface area contributed by atoms with Gasteiger partial charge in [0.2, 0.25) is 10.0 Å². The molecule has 2 aromatic carbocycles. The predicted molar refractivity (Wildman–Crippen MR) is 136 cm³/mol. The molecule has 0 bridgehead atoms. The smallest absolute Gasteiger partial charge is 0.279 e. The quantitative estimate of drug-likeness (QED) is 0.386. The molecule has 1 aromatic heterocycles. The molecule has 0 radical (unpaired) electrons. The molecule has 0 spiro atoms. The van der Waals surface area contributed by atoms with Gasteiger partial charge in [-0.3, -0.25) is 4.79 Å². The van der Waals surface area contributed by atoms with Crippen LogP contribution < -0.4 is 4.80 Å². The number of thiazole rings is 1. The first kappa shape index (κ1) is 26.0. The van der Waals surface area contributed by atoms with Gasteiger partial charge in [0.25, 0.3) is 5.91 Å². The van der Waals surface area contributed by atoms with Crippen LogP contribution in [-0.2, 0) is 26.0 Å². The Bertz CT molecular complexity index is 1360. The molecule has 3 aromatic rings. The number of nitrogens with zero attached hydrogens (tertiary/aromatic N) is 3. The molecule has 0 saturated carbocycles. The maximum Gasteiger partial charge on any atom is 0.279 e. The minimum Gasteiger partial charge on any atom is -0.380 e. The minimum atomic E-state index is -3.69. The van der Waals surface area contributed by atoms with E-state index in [0.29, 0.717) is 48.3 Å². The summed E-state index contributed by atoms with van der Waals surface area (Å²) >= 11 is 7.51. The SMILES string of the molecule is CCOCCn1c(=NC(=O)c2ccc(S(=O)(=O)N(C)CC3CCCO3)cc2)sc2cc(Cl)ccc21. The molecule has 11 heteroatoms. The number of sulfonamides is 1. The molecule has 188 valence electrons. The number of benzene rings is 2. The van der Waals surface area contributed by atoms with Crippen molar-refractivity contribution in [3.63, 3.8) is 0 Å². The van der Waals surface area contributed by atoms with Gasteiger partial charge in [-0.25, -0.2) is 8.42 Å². The zero-order valence-electron chi connectivity index (χ0n) is 19.6. The predicted octanol–water partition coefficient (Wildman–Crippen LogP) is 3.93. The first-order valence-corrected chi connectivity index (χ1v) is 14.1. The van der Waals surface area contributed by atoms with Crippen LogP contribution in [0.25, 0.3) is 10.2 Å². The number of carbonyl (C=O) groups excluding carboxylic acids is 1. The Balaban J connectivity index is 1.58. The second kappa shape index (κ2) is 11.3. The van der Waals surface area contributed by atoms with Crippen LogP contribution in [0.1, 0.15) is 30.1 Å². The van der Waals surface area contributed by atoms with Crippen LogP contribution in [0.2, 0.25) is 5.02 Å². The molecule has 0 aliphatic carbocycles. The van der Waals surface area contributed by atoms with Gasteiger partial charge in [0.1, 0.15) is 0 Å². The Morgan fingerprint density at radius 1 is 1.29 bits per heavy atom. The molecule has 1 unspecified atom stereocenters. The van der Waals surface area contributed by atoms with Gasteiger partial charge in [0, 0.05) is 43.9 Å². The van der Waals surface area contributed by atoms with Crippen LogP contribution in [-0.4, -0.2) is 62.7 Å². The lowest BCUT2D eigenvalue weighted by Crippen LogP contribution is -2.34. The van der Waals surface area contributed by atoms with Crippen molar-refractivity contribution in [1.29, 1.82) is 0 Å². The maximum atomic E-state index is 13.0. The molecule has 1 atom stereocenters. The Labute approximate surface area is 213 Å². The third kappa shape index (κ3) is 6.02. The van der Waals surface area contributed by atoms with Crippen molar-refractivity contribution in [2.75, 3.05) is 33.4 Å². The molecule has 4 rings (SSSR count). The van der Waals surface area contributed by atoms with Gasteiger partial charge < -0.3 is 14.0 Å². The van der Waals surface area contributed by atoms with Gasteiger partial charge in [-0.05, 0) is 62.2 Å². The van der Waals surface area contributed by atoms with E-state index >= 15 is 0 Å². The zero-order valence-corrected chi connectivity index (χ0v) is 22.0. The maximum absolute atomic E-state index is 13.0. The molecular weight excluding hydrogens is 510 g/mol. The van der Waals surface area contributed by atoms with E-state index < -0.39 is 15.9 Å². The molecule has 8 nitrogen and oxygen atoms in total. The summed E-state index contributed by atoms with van der Waals surface area (Å²) in [6.07, 6.45) is 1.71. The monoisotopic (exact) mass is 537 g/mol. The first-order chi connectivity index (χ1) is 16.8. The highest BCUT2D eigenvalue weighted by molar-refractivity contribution is 7.89. The van der Waals surface area contributed by atoms with Gasteiger partial charge in [-0.1, -0.05) is 22.9 Å². The number of likely N-dealkylation sites (N-methyl/N-ethyl adjacent to an activating group) is 1. The van der Waals surface area contributed by atoms with Crippen molar-refractivity contribution in [2.24, 2.45) is 4.99 Å². The number of amides is 1. The van der Waals surface area contributed by atoms with Gasteiger partial charge >= 0.3 is 0 Å². The normalized spacial score (nSPS) is 17.0. The van der Waals surface area contributed by atoms with Crippen LogP contribution in [0.15, 0.2) is 52.4 Å². The number of aromatic nitrogens is 1. The third-order valence-corrected chi connectivity index (χ3v) is 8.91. The third-order valence-electron chi connectivity index (χ3n) is 5.80. The average molecular weight is 538 g/mol. The fourth-order valence-corrected chi connectivity index (χ4v) is 6.46. The number of hydrogen-bond acceptors (Lipinski definition) is 6. The van der Waals surface area contributed by atoms with Crippen LogP contribution in [0, 0.1) is 0 Å². The number of fused-ring (bicyclic) bond motifs is 1. The number of hydrogen-bond donors (Lipinski definition) is 0. The van der Waals surface area contributed by atoms with Crippen LogP contribution in [0.4, 0.5) is 0 Å². The average Bonchev–Trinajstić information content (AvgIpc) is 3.46. The molecule has 2 heterocycles. The summed E-state index contributed by atoms with van der Waals surface area (Å²) in [6, 6.07) is 11.4. The summed E-state index contributed by atoms with van der Waals surface area (Å²) in [5.74, 6) is -0.454. The summed E-state index contributed by atoms with van der Waals surface area (Å²) in [4.78, 5) is 17.9. The fourth-order valence-electron chi connectivity index (χ4n) is 3.92. The van der Waals surface area contributed by atoms with Crippen molar-refractivity contribution < 1.29 is 22.7 Å². The summed E-state index contributed by atoms with van der Waals surface area (Å²) < 4.78 is 41.0. The van der Waals surface area contributed by atoms with Gasteiger partial charge in [0.15, 0.2) is 4.80 Å². The summed E-state index contributed by atoms with van der Waals surface area (Å²) in [5.41, 5.74) is 1.22. The second-order valence-corrected chi connectivity index (χ2v) is 11.7. The van der Waals surface area contributed by atoms with E-state index in [-0.39, 0.29) is 11.0 Å². The van der Waals surface area contributed by atoms with Crippen molar-refractivity contribution in [3.8, 4) is 0 Å². The Morgan fingerprint density at radius 3 is 2.74 bits per heavy atom. The Hall–Kier alpha value is -2.08. The van der Waals surface area contributed by atoms with Crippen molar-refractivity contribution in [1.82, 2.24) is 8.87 Å². The van der Waals surface area contributed by atoms with Gasteiger partial charge in [-0.2, -0.15) is 9.30 Å². The van der Waals surface area contributed by atoms with Crippen molar-refractivity contribution in [3.05, 3.63) is 57.9 Å². The molecule has 1 aliphatic heterocycles. The Kier molecular flexibility index (Phi) is 8.41. The van der Waals surface area contributed by atoms with Crippen LogP contribution in [0.5, 0.6) is 0 Å². The molecule has 1 fully saturated rings. The number of carbonyl (C=O) groups is 1. The van der Waals surface area contributed by atoms with E-state index in [0.717, 1.165) is 23.1 Å². The van der Waals surface area contributed by atoms with E-state index in [4.69, 9.17) is 21.1 Å². The standard InChI is InChI=1S/C24H28ClN3O5S2/c1-3-32-14-12-28-21-11-8-18(25)15-22(21)34-24(28)26-23(29)17-6-9-20(10-7-17)35(30,31)27(2)16-19-5-4-13-33-19/h6-11,15,19H,3-5,12-14,16H2,1-2H3. The number of halogens is 1. The Morgan fingerprint density at radius 2 is 2.06 bits per heavy atom. The van der Waals surface area contributed by atoms with Gasteiger partial charge in [-0.15, -0.1) is 0 Å². The van der Waals surface area contributed by atoms with Crippen molar-refractivity contribution in [2.45, 2.75) is 37.3 Å². The summed E-state index contributed by atoms with van der Waals surface area (Å²) in [6.45, 7) is 4.51. The van der Waals surface area contributed by atoms with Crippen LogP contribution in [0.3, 0.4) is 0 Å². The number of ether oxygens (including phenoxy) is 2. The lowest BCUT2D eigenvalue weighted by atomic mass is 10.2. The van der Waals surface area contributed by atoms with Crippen molar-refractivity contribution >= 4 is 49.1 Å². The largest absolute Gasteiger partial charge is 0.380 e. The van der Waals surface area contributed by atoms with E-state index in [1.165, 1.54) is 39.9 Å². The molecule has 0 N–H and O–H groups in total. The zero-order chi connectivity index (χ0) is 25.0. The molecule has 1 amide bonds. The van der Waals surface area contributed by atoms with Gasteiger partial charge in [0.05, 0.1) is 27.8 Å². The van der Waals surface area contributed by atoms with E-state index in [1.807, 2.05) is 23.6 Å². The van der Waals surface area contributed by atoms with Crippen LogP contribution >= 0.6 is 22.9 Å². The molecule has 1 aliphatic rings. The highest BCUT2D eigenvalue weighted by Crippen LogP contribution is 2.23. The summed E-state index contributed by atoms with van der Waals surface area (Å²) in [5, 5.41) is 0.606.